The Morgan fingerprint density at radius 2 is 2.29 bits per heavy atom. The van der Waals surface area contributed by atoms with Gasteiger partial charge in [-0.05, 0) is 6.42 Å². The second kappa shape index (κ2) is 5.18. The fourth-order valence-electron chi connectivity index (χ4n) is 1.50. The van der Waals surface area contributed by atoms with Crippen molar-refractivity contribution >= 4 is 23.3 Å². The maximum atomic E-state index is 5.59. The highest BCUT2D eigenvalue weighted by Crippen LogP contribution is 2.19. The van der Waals surface area contributed by atoms with Crippen molar-refractivity contribution in [2.24, 2.45) is 7.05 Å². The number of alkyl halides is 1. The highest BCUT2D eigenvalue weighted by molar-refractivity contribution is 6.17. The lowest BCUT2D eigenvalue weighted by Crippen LogP contribution is -1.93. The first-order valence-electron chi connectivity index (χ1n) is 5.40. The van der Waals surface area contributed by atoms with E-state index in [2.05, 4.69) is 20.6 Å². The average molecular weight is 256 g/mol. The molecule has 0 radical (unpaired) electrons. The third-order valence-corrected chi connectivity index (χ3v) is 2.45. The first kappa shape index (κ1) is 11.9. The number of aromatic nitrogens is 4. The van der Waals surface area contributed by atoms with Gasteiger partial charge in [0.2, 0.25) is 5.89 Å². The summed E-state index contributed by atoms with van der Waals surface area (Å²) in [5.74, 6) is 0.999. The Kier molecular flexibility index (Phi) is 3.63. The standard InChI is InChI=1S/C10H14ClN5O/c1-3-7-8(6-16(2)15-7)12-10-14-13-9(17-10)4-5-11/h6H,3-5H2,1-2H3,(H,12,14). The van der Waals surface area contributed by atoms with Crippen LogP contribution in [0.3, 0.4) is 0 Å². The van der Waals surface area contributed by atoms with Crippen LogP contribution in [-0.2, 0) is 19.9 Å². The zero-order chi connectivity index (χ0) is 12.3. The largest absolute Gasteiger partial charge is 0.408 e. The molecule has 0 aliphatic heterocycles. The molecule has 0 fully saturated rings. The first-order valence-corrected chi connectivity index (χ1v) is 5.94. The molecule has 2 rings (SSSR count). The molecule has 0 atom stereocenters. The first-order chi connectivity index (χ1) is 8.22. The number of hydrogen-bond donors (Lipinski definition) is 1. The summed E-state index contributed by atoms with van der Waals surface area (Å²) in [5, 5.41) is 15.1. The van der Waals surface area contributed by atoms with Crippen molar-refractivity contribution in [1.82, 2.24) is 20.0 Å². The molecule has 0 aliphatic carbocycles. The van der Waals surface area contributed by atoms with Gasteiger partial charge in [0.15, 0.2) is 0 Å². The second-order valence-corrected chi connectivity index (χ2v) is 3.96. The summed E-state index contributed by atoms with van der Waals surface area (Å²) in [6, 6.07) is 0.368. The molecule has 0 aliphatic rings. The third-order valence-electron chi connectivity index (χ3n) is 2.26. The monoisotopic (exact) mass is 255 g/mol. The number of anilines is 2. The van der Waals surface area contributed by atoms with Crippen LogP contribution in [0.4, 0.5) is 11.7 Å². The van der Waals surface area contributed by atoms with Gasteiger partial charge in [-0.25, -0.2) is 0 Å². The molecule has 0 spiro atoms. The van der Waals surface area contributed by atoms with E-state index in [1.807, 2.05) is 20.2 Å². The summed E-state index contributed by atoms with van der Waals surface area (Å²) < 4.78 is 7.13. The van der Waals surface area contributed by atoms with Crippen LogP contribution in [-0.4, -0.2) is 25.9 Å². The minimum atomic E-state index is 0.368. The fourth-order valence-corrected chi connectivity index (χ4v) is 1.66. The smallest absolute Gasteiger partial charge is 0.320 e. The van der Waals surface area contributed by atoms with Crippen molar-refractivity contribution in [2.75, 3.05) is 11.2 Å². The van der Waals surface area contributed by atoms with Gasteiger partial charge in [0.1, 0.15) is 0 Å². The zero-order valence-electron chi connectivity index (χ0n) is 9.77. The van der Waals surface area contributed by atoms with Gasteiger partial charge in [-0.3, -0.25) is 4.68 Å². The number of rotatable bonds is 5. The van der Waals surface area contributed by atoms with Crippen molar-refractivity contribution in [3.05, 3.63) is 17.8 Å². The Balaban J connectivity index is 2.13. The Morgan fingerprint density at radius 1 is 1.47 bits per heavy atom. The van der Waals surface area contributed by atoms with E-state index in [0.717, 1.165) is 17.8 Å². The van der Waals surface area contributed by atoms with Crippen LogP contribution in [0.25, 0.3) is 0 Å². The molecule has 0 unspecified atom stereocenters. The van der Waals surface area contributed by atoms with Crippen LogP contribution in [0, 0.1) is 0 Å². The topological polar surface area (TPSA) is 68.8 Å². The van der Waals surface area contributed by atoms with Gasteiger partial charge in [-0.15, -0.1) is 16.7 Å². The molecule has 2 aromatic rings. The average Bonchev–Trinajstić information content (AvgIpc) is 2.87. The predicted molar refractivity (Wildman–Crippen MR) is 64.6 cm³/mol. The van der Waals surface area contributed by atoms with E-state index < -0.39 is 0 Å². The van der Waals surface area contributed by atoms with E-state index in [1.54, 1.807) is 4.68 Å². The number of nitrogens with one attached hydrogen (secondary N) is 1. The molecule has 2 aromatic heterocycles. The lowest BCUT2D eigenvalue weighted by Gasteiger charge is -1.98. The van der Waals surface area contributed by atoms with E-state index in [1.165, 1.54) is 0 Å². The van der Waals surface area contributed by atoms with E-state index in [0.29, 0.717) is 24.2 Å². The van der Waals surface area contributed by atoms with Crippen LogP contribution < -0.4 is 5.32 Å². The van der Waals surface area contributed by atoms with Crippen LogP contribution in [0.2, 0.25) is 0 Å². The molecular weight excluding hydrogens is 242 g/mol. The van der Waals surface area contributed by atoms with Gasteiger partial charge >= 0.3 is 6.01 Å². The summed E-state index contributed by atoms with van der Waals surface area (Å²) in [6.45, 7) is 2.04. The molecule has 6 nitrogen and oxygen atoms in total. The Morgan fingerprint density at radius 3 is 3.00 bits per heavy atom. The predicted octanol–water partition coefficient (Wildman–Crippen LogP) is 1.89. The molecule has 0 aromatic carbocycles. The van der Waals surface area contributed by atoms with Gasteiger partial charge in [-0.2, -0.15) is 5.10 Å². The molecule has 0 bridgehead atoms. The normalized spacial score (nSPS) is 10.8. The number of halogens is 1. The second-order valence-electron chi connectivity index (χ2n) is 3.58. The highest BCUT2D eigenvalue weighted by Gasteiger charge is 2.10. The number of hydrogen-bond acceptors (Lipinski definition) is 5. The molecule has 2 heterocycles. The van der Waals surface area contributed by atoms with E-state index in [-0.39, 0.29) is 0 Å². The van der Waals surface area contributed by atoms with E-state index >= 15 is 0 Å². The third kappa shape index (κ3) is 2.76. The summed E-state index contributed by atoms with van der Waals surface area (Å²) in [6.07, 6.45) is 3.29. The van der Waals surface area contributed by atoms with Crippen molar-refractivity contribution < 1.29 is 4.42 Å². The lowest BCUT2D eigenvalue weighted by atomic mass is 10.3. The van der Waals surface area contributed by atoms with Crippen LogP contribution in [0.1, 0.15) is 18.5 Å². The summed E-state index contributed by atoms with van der Waals surface area (Å²) in [5.41, 5.74) is 1.85. The maximum absolute atomic E-state index is 5.59. The molecule has 0 saturated heterocycles. The molecule has 7 heteroatoms. The summed E-state index contributed by atoms with van der Waals surface area (Å²) >= 11 is 5.59. The van der Waals surface area contributed by atoms with Crippen molar-refractivity contribution in [3.63, 3.8) is 0 Å². The number of nitrogens with zero attached hydrogens (tertiary/aromatic N) is 4. The highest BCUT2D eigenvalue weighted by atomic mass is 35.5. The molecule has 1 N–H and O–H groups in total. The van der Waals surface area contributed by atoms with Gasteiger partial charge in [0.05, 0.1) is 11.4 Å². The summed E-state index contributed by atoms with van der Waals surface area (Å²) in [4.78, 5) is 0. The Bertz CT molecular complexity index is 493. The molecular formula is C10H14ClN5O. The van der Waals surface area contributed by atoms with E-state index in [9.17, 15) is 0 Å². The maximum Gasteiger partial charge on any atom is 0.320 e. The Labute approximate surface area is 104 Å². The minimum absolute atomic E-state index is 0.368. The van der Waals surface area contributed by atoms with Crippen LogP contribution in [0.5, 0.6) is 0 Å². The van der Waals surface area contributed by atoms with Crippen molar-refractivity contribution in [3.8, 4) is 0 Å². The molecule has 92 valence electrons. The quantitative estimate of drug-likeness (QED) is 0.827. The summed E-state index contributed by atoms with van der Waals surface area (Å²) in [7, 11) is 1.87. The van der Waals surface area contributed by atoms with Crippen molar-refractivity contribution in [1.29, 1.82) is 0 Å². The number of aryl methyl sites for hydroxylation is 3. The Hall–Kier alpha value is -1.56. The van der Waals surface area contributed by atoms with Gasteiger partial charge in [0.25, 0.3) is 0 Å². The lowest BCUT2D eigenvalue weighted by molar-refractivity contribution is 0.516. The van der Waals surface area contributed by atoms with Crippen molar-refractivity contribution in [2.45, 2.75) is 19.8 Å². The zero-order valence-corrected chi connectivity index (χ0v) is 10.5. The molecule has 0 saturated carbocycles. The van der Waals surface area contributed by atoms with Gasteiger partial charge in [-0.1, -0.05) is 12.0 Å². The van der Waals surface area contributed by atoms with Crippen LogP contribution >= 0.6 is 11.6 Å². The van der Waals surface area contributed by atoms with Gasteiger partial charge in [0, 0.05) is 25.5 Å². The minimum Gasteiger partial charge on any atom is -0.408 e. The van der Waals surface area contributed by atoms with Crippen LogP contribution in [0.15, 0.2) is 10.6 Å². The SMILES string of the molecule is CCc1nn(C)cc1Nc1nnc(CCCl)o1. The fraction of sp³-hybridized carbons (Fsp3) is 0.500. The van der Waals surface area contributed by atoms with Gasteiger partial charge < -0.3 is 9.73 Å². The molecule has 0 amide bonds. The molecule has 17 heavy (non-hydrogen) atoms. The van der Waals surface area contributed by atoms with E-state index in [4.69, 9.17) is 16.0 Å².